The topological polar surface area (TPSA) is 58.7 Å². The largest absolute Gasteiger partial charge is 0.383 e. The fourth-order valence-electron chi connectivity index (χ4n) is 1.36. The van der Waals surface area contributed by atoms with Gasteiger partial charge >= 0.3 is 0 Å². The zero-order chi connectivity index (χ0) is 11.1. The molecule has 0 aromatic rings. The van der Waals surface area contributed by atoms with Crippen molar-refractivity contribution in [3.8, 4) is 0 Å². The molecule has 0 aliphatic rings. The molecule has 0 aliphatic carbocycles. The Bertz CT molecular complexity index is 142. The lowest BCUT2D eigenvalue weighted by atomic mass is 10.0. The molecule has 14 heavy (non-hydrogen) atoms. The molecule has 4 heteroatoms. The third-order valence-corrected chi connectivity index (χ3v) is 2.23. The van der Waals surface area contributed by atoms with Crippen LogP contribution in [0, 0.1) is 5.92 Å². The van der Waals surface area contributed by atoms with Crippen LogP contribution in [0.4, 0.5) is 0 Å². The van der Waals surface area contributed by atoms with Gasteiger partial charge in [0.05, 0.1) is 6.61 Å². The van der Waals surface area contributed by atoms with E-state index in [0.29, 0.717) is 19.1 Å². The van der Waals surface area contributed by atoms with Gasteiger partial charge in [0.2, 0.25) is 0 Å². The number of nitrogens with two attached hydrogens (primary N) is 1. The predicted octanol–water partition coefficient (Wildman–Crippen LogP) is 0.256. The molecule has 0 amide bonds. The summed E-state index contributed by atoms with van der Waals surface area (Å²) in [6.45, 7) is 5.51. The molecule has 0 saturated carbocycles. The van der Waals surface area contributed by atoms with Crippen LogP contribution in [0.2, 0.25) is 0 Å². The standard InChI is InChI=1S/C10H24N2O2/c1-8(2)7-9(11)10(13)12(3)5-6-14-4/h8-10,13H,5-7,11H2,1-4H3. The van der Waals surface area contributed by atoms with E-state index in [1.54, 1.807) is 7.11 Å². The summed E-state index contributed by atoms with van der Waals surface area (Å²) in [7, 11) is 3.50. The highest BCUT2D eigenvalue weighted by Gasteiger charge is 2.19. The molecule has 0 radical (unpaired) electrons. The first-order valence-corrected chi connectivity index (χ1v) is 5.11. The smallest absolute Gasteiger partial charge is 0.122 e. The second kappa shape index (κ2) is 7.17. The van der Waals surface area contributed by atoms with Crippen LogP contribution >= 0.6 is 0 Å². The average molecular weight is 204 g/mol. The third-order valence-electron chi connectivity index (χ3n) is 2.23. The number of nitrogens with zero attached hydrogens (tertiary/aromatic N) is 1. The van der Waals surface area contributed by atoms with E-state index in [-0.39, 0.29) is 6.04 Å². The van der Waals surface area contributed by atoms with Crippen molar-refractivity contribution in [2.24, 2.45) is 11.7 Å². The fraction of sp³-hybridized carbons (Fsp3) is 1.00. The molecule has 0 saturated heterocycles. The summed E-state index contributed by atoms with van der Waals surface area (Å²) in [5.41, 5.74) is 5.86. The van der Waals surface area contributed by atoms with Crippen LogP contribution < -0.4 is 5.73 Å². The summed E-state index contributed by atoms with van der Waals surface area (Å²) in [4.78, 5) is 1.82. The molecule has 0 rings (SSSR count). The van der Waals surface area contributed by atoms with Crippen molar-refractivity contribution < 1.29 is 9.84 Å². The minimum absolute atomic E-state index is 0.183. The molecule has 0 aromatic heterocycles. The molecule has 0 spiro atoms. The molecule has 2 atom stereocenters. The molecular weight excluding hydrogens is 180 g/mol. The van der Waals surface area contributed by atoms with Gasteiger partial charge < -0.3 is 15.6 Å². The minimum atomic E-state index is -0.576. The monoisotopic (exact) mass is 204 g/mol. The summed E-state index contributed by atoms with van der Waals surface area (Å²) in [6.07, 6.45) is 0.255. The number of ether oxygens (including phenoxy) is 1. The molecule has 3 N–H and O–H groups in total. The molecule has 0 fully saturated rings. The maximum atomic E-state index is 9.81. The first-order chi connectivity index (χ1) is 6.49. The van der Waals surface area contributed by atoms with Crippen molar-refractivity contribution in [3.05, 3.63) is 0 Å². The van der Waals surface area contributed by atoms with Gasteiger partial charge in [0.1, 0.15) is 6.23 Å². The summed E-state index contributed by atoms with van der Waals surface area (Å²) < 4.78 is 4.93. The lowest BCUT2D eigenvalue weighted by Crippen LogP contribution is -2.47. The second-order valence-corrected chi connectivity index (χ2v) is 4.18. The maximum absolute atomic E-state index is 9.81. The SMILES string of the molecule is COCCN(C)C(O)C(N)CC(C)C. The molecule has 0 aromatic carbocycles. The normalized spacial score (nSPS) is 16.3. The van der Waals surface area contributed by atoms with Crippen LogP contribution in [-0.2, 0) is 4.74 Å². The Morgan fingerprint density at radius 3 is 2.43 bits per heavy atom. The fourth-order valence-corrected chi connectivity index (χ4v) is 1.36. The molecule has 0 aliphatic heterocycles. The molecule has 4 nitrogen and oxygen atoms in total. The van der Waals surface area contributed by atoms with Gasteiger partial charge in [-0.05, 0) is 19.4 Å². The van der Waals surface area contributed by atoms with Crippen molar-refractivity contribution in [1.29, 1.82) is 0 Å². The number of hydrogen-bond donors (Lipinski definition) is 2. The lowest BCUT2D eigenvalue weighted by molar-refractivity contribution is -0.0139. The average Bonchev–Trinajstić information content (AvgIpc) is 2.11. The summed E-state index contributed by atoms with van der Waals surface area (Å²) in [5.74, 6) is 0.510. The van der Waals surface area contributed by atoms with E-state index in [1.807, 2.05) is 11.9 Å². The summed E-state index contributed by atoms with van der Waals surface area (Å²) in [6, 6.07) is -0.183. The first-order valence-electron chi connectivity index (χ1n) is 5.11. The highest BCUT2D eigenvalue weighted by molar-refractivity contribution is 4.72. The van der Waals surface area contributed by atoms with Gasteiger partial charge in [-0.2, -0.15) is 0 Å². The molecular formula is C10H24N2O2. The molecule has 2 unspecified atom stereocenters. The van der Waals surface area contributed by atoms with Gasteiger partial charge in [0, 0.05) is 19.7 Å². The van der Waals surface area contributed by atoms with Crippen molar-refractivity contribution in [2.45, 2.75) is 32.5 Å². The zero-order valence-electron chi connectivity index (χ0n) is 9.73. The van der Waals surface area contributed by atoms with Crippen LogP contribution in [0.1, 0.15) is 20.3 Å². The van der Waals surface area contributed by atoms with E-state index < -0.39 is 6.23 Å². The number of aliphatic hydroxyl groups is 1. The lowest BCUT2D eigenvalue weighted by Gasteiger charge is -2.28. The summed E-state index contributed by atoms with van der Waals surface area (Å²) >= 11 is 0. The van der Waals surface area contributed by atoms with Crippen LogP contribution in [0.3, 0.4) is 0 Å². The highest BCUT2D eigenvalue weighted by Crippen LogP contribution is 2.08. The molecule has 0 bridgehead atoms. The van der Waals surface area contributed by atoms with Crippen LogP contribution in [0.5, 0.6) is 0 Å². The Morgan fingerprint density at radius 2 is 2.00 bits per heavy atom. The number of likely N-dealkylation sites (N-methyl/N-ethyl adjacent to an activating group) is 1. The van der Waals surface area contributed by atoms with Crippen LogP contribution in [0.15, 0.2) is 0 Å². The van der Waals surface area contributed by atoms with Gasteiger partial charge in [-0.3, -0.25) is 4.90 Å². The van der Waals surface area contributed by atoms with Crippen LogP contribution in [0.25, 0.3) is 0 Å². The number of methoxy groups -OCH3 is 1. The van der Waals surface area contributed by atoms with E-state index in [2.05, 4.69) is 13.8 Å². The van der Waals surface area contributed by atoms with Crippen molar-refractivity contribution in [1.82, 2.24) is 4.90 Å². The number of hydrogen-bond acceptors (Lipinski definition) is 4. The van der Waals surface area contributed by atoms with E-state index in [4.69, 9.17) is 10.5 Å². The third kappa shape index (κ3) is 5.54. The summed E-state index contributed by atoms with van der Waals surface area (Å²) in [5, 5.41) is 9.81. The molecule has 0 heterocycles. The molecule has 86 valence electrons. The van der Waals surface area contributed by atoms with Crippen LogP contribution in [-0.4, -0.2) is 49.6 Å². The second-order valence-electron chi connectivity index (χ2n) is 4.18. The van der Waals surface area contributed by atoms with E-state index in [0.717, 1.165) is 6.42 Å². The predicted molar refractivity (Wildman–Crippen MR) is 57.9 cm³/mol. The Hall–Kier alpha value is -0.160. The minimum Gasteiger partial charge on any atom is -0.383 e. The van der Waals surface area contributed by atoms with Gasteiger partial charge in [0.15, 0.2) is 0 Å². The highest BCUT2D eigenvalue weighted by atomic mass is 16.5. The van der Waals surface area contributed by atoms with Gasteiger partial charge in [-0.25, -0.2) is 0 Å². The first kappa shape index (κ1) is 13.8. The maximum Gasteiger partial charge on any atom is 0.122 e. The van der Waals surface area contributed by atoms with Gasteiger partial charge in [-0.1, -0.05) is 13.8 Å². The Morgan fingerprint density at radius 1 is 1.43 bits per heavy atom. The number of aliphatic hydroxyl groups excluding tert-OH is 1. The van der Waals surface area contributed by atoms with Crippen molar-refractivity contribution in [2.75, 3.05) is 27.3 Å². The number of rotatable bonds is 7. The van der Waals surface area contributed by atoms with Crippen molar-refractivity contribution >= 4 is 0 Å². The van der Waals surface area contributed by atoms with E-state index in [9.17, 15) is 5.11 Å². The Labute approximate surface area is 87.0 Å². The van der Waals surface area contributed by atoms with Crippen molar-refractivity contribution in [3.63, 3.8) is 0 Å². The van der Waals surface area contributed by atoms with Gasteiger partial charge in [-0.15, -0.1) is 0 Å². The van der Waals surface area contributed by atoms with E-state index in [1.165, 1.54) is 0 Å². The zero-order valence-corrected chi connectivity index (χ0v) is 9.73. The van der Waals surface area contributed by atoms with Gasteiger partial charge in [0.25, 0.3) is 0 Å². The Kier molecular flexibility index (Phi) is 7.09. The Balaban J connectivity index is 3.84. The quantitative estimate of drug-likeness (QED) is 0.584. The van der Waals surface area contributed by atoms with E-state index >= 15 is 0 Å².